The van der Waals surface area contributed by atoms with Gasteiger partial charge in [0, 0.05) is 25.1 Å². The first-order chi connectivity index (χ1) is 9.61. The number of fused-ring (bicyclic) bond motifs is 1. The normalized spacial score (nSPS) is 20.3. The van der Waals surface area contributed by atoms with Crippen LogP contribution in [0.2, 0.25) is 0 Å². The van der Waals surface area contributed by atoms with Crippen molar-refractivity contribution in [3.8, 4) is 0 Å². The van der Waals surface area contributed by atoms with E-state index >= 15 is 0 Å². The fourth-order valence-electron chi connectivity index (χ4n) is 2.89. The molecule has 1 aromatic heterocycles. The van der Waals surface area contributed by atoms with Crippen molar-refractivity contribution in [1.29, 1.82) is 0 Å². The fraction of sp³-hybridized carbons (Fsp3) is 0.467. The molecule has 122 valence electrons. The van der Waals surface area contributed by atoms with Gasteiger partial charge in [-0.3, -0.25) is 4.79 Å². The van der Waals surface area contributed by atoms with Crippen molar-refractivity contribution >= 4 is 47.5 Å². The Labute approximate surface area is 141 Å². The highest BCUT2D eigenvalue weighted by atomic mass is 35.5. The molecule has 0 radical (unpaired) electrons. The van der Waals surface area contributed by atoms with Gasteiger partial charge in [0.05, 0.1) is 0 Å². The minimum absolute atomic E-state index is 0. The lowest BCUT2D eigenvalue weighted by atomic mass is 10.00. The number of aryl methyl sites for hydroxylation is 1. The molecule has 22 heavy (non-hydrogen) atoms. The number of hydrogen-bond acceptors (Lipinski definition) is 4. The summed E-state index contributed by atoms with van der Waals surface area (Å²) in [5.41, 5.74) is 8.24. The van der Waals surface area contributed by atoms with E-state index in [2.05, 4.69) is 10.3 Å². The lowest BCUT2D eigenvalue weighted by Crippen LogP contribution is -2.28. The number of hydrogen-bond donors (Lipinski definition) is 2. The van der Waals surface area contributed by atoms with E-state index in [9.17, 15) is 4.79 Å². The highest BCUT2D eigenvalue weighted by Crippen LogP contribution is 2.27. The SMILES string of the molecule is Cc1nc2cc(NC(=O)C[C@@H]3CCC[C@H]3N)ccc2o1.Cl.Cl. The van der Waals surface area contributed by atoms with Gasteiger partial charge in [-0.2, -0.15) is 0 Å². The van der Waals surface area contributed by atoms with Gasteiger partial charge in [0.1, 0.15) is 5.52 Å². The van der Waals surface area contributed by atoms with Crippen LogP contribution in [0.5, 0.6) is 0 Å². The van der Waals surface area contributed by atoms with Crippen LogP contribution in [0.25, 0.3) is 11.1 Å². The van der Waals surface area contributed by atoms with Crippen molar-refractivity contribution in [2.75, 3.05) is 5.32 Å². The van der Waals surface area contributed by atoms with Crippen LogP contribution in [0, 0.1) is 12.8 Å². The topological polar surface area (TPSA) is 81.2 Å². The molecular weight excluding hydrogens is 325 g/mol. The van der Waals surface area contributed by atoms with Gasteiger partial charge in [-0.05, 0) is 37.0 Å². The van der Waals surface area contributed by atoms with E-state index in [1.807, 2.05) is 18.2 Å². The van der Waals surface area contributed by atoms with Crippen molar-refractivity contribution in [2.24, 2.45) is 11.7 Å². The van der Waals surface area contributed by atoms with Crippen LogP contribution in [0.1, 0.15) is 31.6 Å². The minimum Gasteiger partial charge on any atom is -0.441 e. The molecule has 1 fully saturated rings. The molecule has 2 aromatic rings. The monoisotopic (exact) mass is 345 g/mol. The third-order valence-electron chi connectivity index (χ3n) is 3.94. The average Bonchev–Trinajstić information content (AvgIpc) is 2.94. The zero-order chi connectivity index (χ0) is 14.1. The Kier molecular flexibility index (Phi) is 6.66. The summed E-state index contributed by atoms with van der Waals surface area (Å²) in [6.07, 6.45) is 3.71. The maximum atomic E-state index is 12.0. The summed E-state index contributed by atoms with van der Waals surface area (Å²) in [6.45, 7) is 1.81. The number of aromatic nitrogens is 1. The molecule has 0 bridgehead atoms. The summed E-state index contributed by atoms with van der Waals surface area (Å²) in [5, 5.41) is 2.91. The Morgan fingerprint density at radius 3 is 2.86 bits per heavy atom. The van der Waals surface area contributed by atoms with Gasteiger partial charge in [0.25, 0.3) is 0 Å². The zero-order valence-corrected chi connectivity index (χ0v) is 14.0. The molecule has 2 atom stereocenters. The first-order valence-electron chi connectivity index (χ1n) is 7.04. The number of amides is 1. The molecule has 7 heteroatoms. The van der Waals surface area contributed by atoms with Crippen LogP contribution in [0.3, 0.4) is 0 Å². The number of carbonyl (C=O) groups is 1. The van der Waals surface area contributed by atoms with Crippen LogP contribution in [-0.4, -0.2) is 16.9 Å². The van der Waals surface area contributed by atoms with Gasteiger partial charge >= 0.3 is 0 Å². The molecule has 3 rings (SSSR count). The first-order valence-corrected chi connectivity index (χ1v) is 7.04. The third-order valence-corrected chi connectivity index (χ3v) is 3.94. The number of halogens is 2. The van der Waals surface area contributed by atoms with Crippen LogP contribution < -0.4 is 11.1 Å². The number of nitrogens with two attached hydrogens (primary N) is 1. The van der Waals surface area contributed by atoms with E-state index in [4.69, 9.17) is 10.2 Å². The molecule has 0 aliphatic heterocycles. The largest absolute Gasteiger partial charge is 0.441 e. The average molecular weight is 346 g/mol. The van der Waals surface area contributed by atoms with Crippen LogP contribution in [0.4, 0.5) is 5.69 Å². The Morgan fingerprint density at radius 1 is 1.41 bits per heavy atom. The maximum absolute atomic E-state index is 12.0. The van der Waals surface area contributed by atoms with E-state index in [1.165, 1.54) is 0 Å². The van der Waals surface area contributed by atoms with Crippen molar-refractivity contribution in [3.63, 3.8) is 0 Å². The van der Waals surface area contributed by atoms with E-state index in [0.717, 1.165) is 36.0 Å². The lowest BCUT2D eigenvalue weighted by molar-refractivity contribution is -0.117. The molecule has 1 saturated carbocycles. The number of carbonyl (C=O) groups excluding carboxylic acids is 1. The van der Waals surface area contributed by atoms with Crippen LogP contribution in [0.15, 0.2) is 22.6 Å². The summed E-state index contributed by atoms with van der Waals surface area (Å²) in [6, 6.07) is 5.66. The quantitative estimate of drug-likeness (QED) is 0.892. The Morgan fingerprint density at radius 2 is 2.18 bits per heavy atom. The van der Waals surface area contributed by atoms with Crippen molar-refractivity contribution < 1.29 is 9.21 Å². The predicted molar refractivity (Wildman–Crippen MR) is 91.8 cm³/mol. The molecule has 1 aliphatic rings. The maximum Gasteiger partial charge on any atom is 0.224 e. The van der Waals surface area contributed by atoms with Gasteiger partial charge in [-0.1, -0.05) is 6.42 Å². The highest BCUT2D eigenvalue weighted by molar-refractivity contribution is 5.93. The second kappa shape index (κ2) is 7.81. The van der Waals surface area contributed by atoms with Crippen LogP contribution in [-0.2, 0) is 4.79 Å². The third kappa shape index (κ3) is 4.12. The lowest BCUT2D eigenvalue weighted by Gasteiger charge is -2.14. The van der Waals surface area contributed by atoms with E-state index in [-0.39, 0.29) is 36.8 Å². The second-order valence-corrected chi connectivity index (χ2v) is 5.52. The van der Waals surface area contributed by atoms with Gasteiger partial charge < -0.3 is 15.5 Å². The number of rotatable bonds is 3. The van der Waals surface area contributed by atoms with Crippen molar-refractivity contribution in [1.82, 2.24) is 4.98 Å². The molecule has 1 amide bonds. The number of anilines is 1. The van der Waals surface area contributed by atoms with Crippen LogP contribution >= 0.6 is 24.8 Å². The zero-order valence-electron chi connectivity index (χ0n) is 12.4. The number of nitrogens with one attached hydrogen (secondary N) is 1. The molecule has 0 spiro atoms. The van der Waals surface area contributed by atoms with Gasteiger partial charge in [-0.25, -0.2) is 4.98 Å². The second-order valence-electron chi connectivity index (χ2n) is 5.52. The molecule has 0 unspecified atom stereocenters. The molecular formula is C15H21Cl2N3O2. The summed E-state index contributed by atoms with van der Waals surface area (Å²) in [7, 11) is 0. The summed E-state index contributed by atoms with van der Waals surface area (Å²) in [5.74, 6) is 0.959. The summed E-state index contributed by atoms with van der Waals surface area (Å²) in [4.78, 5) is 16.3. The van der Waals surface area contributed by atoms with Crippen molar-refractivity contribution in [3.05, 3.63) is 24.1 Å². The van der Waals surface area contributed by atoms with E-state index < -0.39 is 0 Å². The summed E-state index contributed by atoms with van der Waals surface area (Å²) >= 11 is 0. The number of oxazole rings is 1. The predicted octanol–water partition coefficient (Wildman–Crippen LogP) is 3.44. The molecule has 5 nitrogen and oxygen atoms in total. The molecule has 0 saturated heterocycles. The molecule has 1 aliphatic carbocycles. The highest BCUT2D eigenvalue weighted by Gasteiger charge is 2.26. The fourth-order valence-corrected chi connectivity index (χ4v) is 2.89. The van der Waals surface area contributed by atoms with E-state index in [0.29, 0.717) is 18.2 Å². The van der Waals surface area contributed by atoms with Gasteiger partial charge in [0.15, 0.2) is 11.5 Å². The Hall–Kier alpha value is -1.30. The van der Waals surface area contributed by atoms with E-state index in [1.54, 1.807) is 6.92 Å². The van der Waals surface area contributed by atoms with Crippen molar-refractivity contribution in [2.45, 2.75) is 38.6 Å². The van der Waals surface area contributed by atoms with Gasteiger partial charge in [-0.15, -0.1) is 24.8 Å². The Balaban J connectivity index is 0.00000121. The minimum atomic E-state index is 0. The summed E-state index contributed by atoms with van der Waals surface area (Å²) < 4.78 is 5.41. The smallest absolute Gasteiger partial charge is 0.224 e. The molecule has 3 N–H and O–H groups in total. The molecule has 1 aromatic carbocycles. The number of benzene rings is 1. The van der Waals surface area contributed by atoms with Gasteiger partial charge in [0.2, 0.25) is 5.91 Å². The molecule has 1 heterocycles. The first kappa shape index (κ1) is 18.7. The standard InChI is InChI=1S/C15H19N3O2.2ClH/c1-9-17-13-8-11(5-6-14(13)20-9)18-15(19)7-10-3-2-4-12(10)16;;/h5-6,8,10,12H,2-4,7,16H2,1H3,(H,18,19);2*1H/t10-,12+;;/m0../s1. The number of nitrogens with zero attached hydrogens (tertiary/aromatic N) is 1. The Bertz CT molecular complexity index is 645.